The molecule has 0 aromatic heterocycles. The van der Waals surface area contributed by atoms with Crippen molar-refractivity contribution in [3.8, 4) is 0 Å². The van der Waals surface area contributed by atoms with Gasteiger partial charge in [0.2, 0.25) is 15.9 Å². The number of halogens is 1. The number of nitrogens with zero attached hydrogens (tertiary/aromatic N) is 2. The van der Waals surface area contributed by atoms with Crippen LogP contribution in [-0.2, 0) is 21.4 Å². The Morgan fingerprint density at radius 3 is 2.53 bits per heavy atom. The Kier molecular flexibility index (Phi) is 5.95. The molecule has 1 aliphatic carbocycles. The summed E-state index contributed by atoms with van der Waals surface area (Å²) in [6.07, 6.45) is 1.95. The first-order chi connectivity index (χ1) is 14.3. The molecule has 7 nitrogen and oxygen atoms in total. The molecule has 2 aromatic carbocycles. The molecule has 0 spiro atoms. The average Bonchev–Trinajstić information content (AvgIpc) is 3.57. The van der Waals surface area contributed by atoms with Gasteiger partial charge in [-0.1, -0.05) is 28.1 Å². The molecule has 1 heterocycles. The van der Waals surface area contributed by atoms with Crippen LogP contribution in [0.4, 0.5) is 0 Å². The zero-order valence-corrected chi connectivity index (χ0v) is 18.7. The number of hydrogen-bond donors (Lipinski definition) is 1. The normalized spacial score (nSPS) is 17.4. The third-order valence-corrected chi connectivity index (χ3v) is 7.59. The maximum Gasteiger partial charge on any atom is 0.254 e. The summed E-state index contributed by atoms with van der Waals surface area (Å²) in [5.41, 5.74) is 1.49. The molecule has 2 amide bonds. The van der Waals surface area contributed by atoms with Crippen LogP contribution in [0.25, 0.3) is 0 Å². The maximum absolute atomic E-state index is 13.1. The largest absolute Gasteiger partial charge is 0.354 e. The lowest BCUT2D eigenvalue weighted by molar-refractivity contribution is -0.122. The van der Waals surface area contributed by atoms with E-state index < -0.39 is 10.0 Å². The van der Waals surface area contributed by atoms with Crippen molar-refractivity contribution in [2.24, 2.45) is 0 Å². The topological polar surface area (TPSA) is 86.8 Å². The lowest BCUT2D eigenvalue weighted by atomic mass is 10.1. The van der Waals surface area contributed by atoms with E-state index in [2.05, 4.69) is 21.2 Å². The van der Waals surface area contributed by atoms with Gasteiger partial charge in [0.05, 0.1) is 11.4 Å². The molecule has 1 saturated carbocycles. The van der Waals surface area contributed by atoms with Crippen molar-refractivity contribution in [2.75, 3.05) is 19.6 Å². The smallest absolute Gasteiger partial charge is 0.254 e. The van der Waals surface area contributed by atoms with Gasteiger partial charge >= 0.3 is 0 Å². The second-order valence-corrected chi connectivity index (χ2v) is 10.4. The molecule has 0 unspecified atom stereocenters. The number of nitrogens with one attached hydrogen (secondary N) is 1. The van der Waals surface area contributed by atoms with E-state index in [0.717, 1.165) is 27.2 Å². The van der Waals surface area contributed by atoms with Crippen LogP contribution in [-0.4, -0.2) is 55.1 Å². The average molecular weight is 492 g/mol. The highest BCUT2D eigenvalue weighted by Crippen LogP contribution is 2.30. The maximum atomic E-state index is 13.1. The number of carbonyl (C=O) groups is 2. The highest BCUT2D eigenvalue weighted by Gasteiger charge is 2.34. The van der Waals surface area contributed by atoms with Crippen molar-refractivity contribution in [1.82, 2.24) is 14.5 Å². The zero-order valence-electron chi connectivity index (χ0n) is 16.3. The van der Waals surface area contributed by atoms with E-state index in [-0.39, 0.29) is 35.8 Å². The van der Waals surface area contributed by atoms with E-state index in [0.29, 0.717) is 18.7 Å². The van der Waals surface area contributed by atoms with Crippen molar-refractivity contribution in [3.05, 3.63) is 64.1 Å². The van der Waals surface area contributed by atoms with Crippen LogP contribution in [0.3, 0.4) is 0 Å². The molecule has 0 radical (unpaired) electrons. The van der Waals surface area contributed by atoms with Crippen LogP contribution in [0.2, 0.25) is 0 Å². The second-order valence-electron chi connectivity index (χ2n) is 7.51. The van der Waals surface area contributed by atoms with Gasteiger partial charge in [0.1, 0.15) is 0 Å². The summed E-state index contributed by atoms with van der Waals surface area (Å²) in [5.74, 6) is -0.428. The Labute approximate surface area is 184 Å². The van der Waals surface area contributed by atoms with Crippen LogP contribution in [0.5, 0.6) is 0 Å². The van der Waals surface area contributed by atoms with E-state index in [4.69, 9.17) is 0 Å². The molecule has 2 aliphatic rings. The van der Waals surface area contributed by atoms with Crippen molar-refractivity contribution in [2.45, 2.75) is 30.3 Å². The fourth-order valence-electron chi connectivity index (χ4n) is 3.49. The molecule has 2 fully saturated rings. The molecule has 0 atom stereocenters. The Hall–Kier alpha value is -2.23. The number of hydrogen-bond acceptors (Lipinski definition) is 4. The second kappa shape index (κ2) is 8.49. The van der Waals surface area contributed by atoms with Gasteiger partial charge in [-0.3, -0.25) is 9.59 Å². The van der Waals surface area contributed by atoms with Crippen LogP contribution >= 0.6 is 15.9 Å². The third-order valence-electron chi connectivity index (χ3n) is 5.23. The molecule has 30 heavy (non-hydrogen) atoms. The fourth-order valence-corrected chi connectivity index (χ4v) is 5.33. The number of rotatable bonds is 6. The molecule has 1 N–H and O–H groups in total. The van der Waals surface area contributed by atoms with Crippen molar-refractivity contribution >= 4 is 37.8 Å². The van der Waals surface area contributed by atoms with Crippen molar-refractivity contribution in [3.63, 3.8) is 0 Å². The molecule has 2 aromatic rings. The monoisotopic (exact) mass is 491 g/mol. The molecule has 9 heteroatoms. The number of piperazine rings is 1. The van der Waals surface area contributed by atoms with Gasteiger partial charge in [-0.05, 0) is 54.8 Å². The van der Waals surface area contributed by atoms with Crippen LogP contribution in [0, 0.1) is 0 Å². The molecular formula is C21H22BrN3O4S. The number of sulfonamides is 1. The molecule has 158 valence electrons. The Morgan fingerprint density at radius 2 is 1.90 bits per heavy atom. The van der Waals surface area contributed by atoms with Gasteiger partial charge in [-0.2, -0.15) is 4.31 Å². The summed E-state index contributed by atoms with van der Waals surface area (Å²) < 4.78 is 27.7. The van der Waals surface area contributed by atoms with Gasteiger partial charge in [0, 0.05) is 35.7 Å². The van der Waals surface area contributed by atoms with E-state index >= 15 is 0 Å². The van der Waals surface area contributed by atoms with Gasteiger partial charge in [-0.15, -0.1) is 0 Å². The van der Waals surface area contributed by atoms with Crippen LogP contribution in [0.15, 0.2) is 57.9 Å². The number of amides is 2. The van der Waals surface area contributed by atoms with Gasteiger partial charge in [-0.25, -0.2) is 8.42 Å². The Balaban J connectivity index is 1.52. The molecule has 0 bridgehead atoms. The van der Waals surface area contributed by atoms with Gasteiger partial charge in [0.25, 0.3) is 5.91 Å². The zero-order chi connectivity index (χ0) is 21.3. The lowest BCUT2D eigenvalue weighted by Crippen LogP contribution is -2.49. The predicted octanol–water partition coefficient (Wildman–Crippen LogP) is 2.37. The third kappa shape index (κ3) is 4.58. The van der Waals surface area contributed by atoms with E-state index in [1.165, 1.54) is 12.1 Å². The van der Waals surface area contributed by atoms with Gasteiger partial charge in [0.15, 0.2) is 0 Å². The van der Waals surface area contributed by atoms with E-state index in [1.807, 2.05) is 29.2 Å². The minimum Gasteiger partial charge on any atom is -0.354 e. The quantitative estimate of drug-likeness (QED) is 0.671. The summed E-state index contributed by atoms with van der Waals surface area (Å²) >= 11 is 3.46. The summed E-state index contributed by atoms with van der Waals surface area (Å²) in [7, 11) is -3.77. The molecule has 4 rings (SSSR count). The Morgan fingerprint density at radius 1 is 1.17 bits per heavy atom. The van der Waals surface area contributed by atoms with E-state index in [9.17, 15) is 18.0 Å². The number of benzene rings is 2. The first kappa shape index (κ1) is 21.0. The minimum atomic E-state index is -3.77. The SMILES string of the molecule is O=C1CN(S(=O)(=O)c2ccc(C(=O)N(Cc3cccc(Br)c3)C3CC3)cc2)CCN1. The van der Waals surface area contributed by atoms with Crippen molar-refractivity contribution < 1.29 is 18.0 Å². The lowest BCUT2D eigenvalue weighted by Gasteiger charge is -2.26. The van der Waals surface area contributed by atoms with Gasteiger partial charge < -0.3 is 10.2 Å². The molecule has 1 aliphatic heterocycles. The predicted molar refractivity (Wildman–Crippen MR) is 115 cm³/mol. The summed E-state index contributed by atoms with van der Waals surface area (Å²) in [6, 6.07) is 14.1. The van der Waals surface area contributed by atoms with E-state index in [1.54, 1.807) is 12.1 Å². The fraction of sp³-hybridized carbons (Fsp3) is 0.333. The first-order valence-electron chi connectivity index (χ1n) is 9.77. The Bertz CT molecular complexity index is 1070. The highest BCUT2D eigenvalue weighted by molar-refractivity contribution is 9.10. The number of carbonyl (C=O) groups excluding carboxylic acids is 2. The molecular weight excluding hydrogens is 470 g/mol. The summed E-state index contributed by atoms with van der Waals surface area (Å²) in [6.45, 7) is 0.842. The molecule has 1 saturated heterocycles. The summed E-state index contributed by atoms with van der Waals surface area (Å²) in [5, 5.41) is 2.61. The van der Waals surface area contributed by atoms with Crippen LogP contribution < -0.4 is 5.32 Å². The first-order valence-corrected chi connectivity index (χ1v) is 12.0. The summed E-state index contributed by atoms with van der Waals surface area (Å²) in [4.78, 5) is 26.6. The standard InChI is InChI=1S/C21H22BrN3O4S/c22-17-3-1-2-15(12-17)13-25(18-6-7-18)21(27)16-4-8-19(9-5-16)30(28,29)24-11-10-23-20(26)14-24/h1-5,8-9,12,18H,6-7,10-11,13-14H2,(H,23,26). The van der Waals surface area contributed by atoms with Crippen LogP contribution in [0.1, 0.15) is 28.8 Å². The highest BCUT2D eigenvalue weighted by atomic mass is 79.9. The van der Waals surface area contributed by atoms with Crippen molar-refractivity contribution in [1.29, 1.82) is 0 Å². The minimum absolute atomic E-state index is 0.0821.